The zero-order chi connectivity index (χ0) is 19.3. The molecule has 0 bridgehead atoms. The first kappa shape index (κ1) is 17.5. The number of aromatic nitrogens is 3. The third kappa shape index (κ3) is 3.76. The number of nitrogens with zero attached hydrogens (tertiary/aromatic N) is 3. The number of benzene rings is 2. The zero-order valence-corrected chi connectivity index (χ0v) is 15.6. The van der Waals surface area contributed by atoms with Crippen LogP contribution < -0.4 is 10.1 Å². The van der Waals surface area contributed by atoms with Crippen LogP contribution >= 0.6 is 0 Å². The molecular formula is C23H18N4O. The molecule has 5 heteroatoms. The molecule has 0 spiro atoms. The van der Waals surface area contributed by atoms with Crippen LogP contribution in [0, 0.1) is 18.8 Å². The van der Waals surface area contributed by atoms with Gasteiger partial charge in [0.15, 0.2) is 0 Å². The van der Waals surface area contributed by atoms with E-state index in [2.05, 4.69) is 32.1 Å². The van der Waals surface area contributed by atoms with Gasteiger partial charge >= 0.3 is 0 Å². The summed E-state index contributed by atoms with van der Waals surface area (Å²) in [7, 11) is 0. The van der Waals surface area contributed by atoms with Crippen molar-refractivity contribution < 1.29 is 4.74 Å². The number of pyridine rings is 1. The smallest absolute Gasteiger partial charge is 0.145 e. The van der Waals surface area contributed by atoms with Gasteiger partial charge in [-0.1, -0.05) is 5.92 Å². The van der Waals surface area contributed by atoms with Gasteiger partial charge < -0.3 is 10.1 Å². The summed E-state index contributed by atoms with van der Waals surface area (Å²) < 4.78 is 5.90. The average Bonchev–Trinajstić information content (AvgIpc) is 2.71. The van der Waals surface area contributed by atoms with Gasteiger partial charge in [-0.25, -0.2) is 9.97 Å². The van der Waals surface area contributed by atoms with E-state index in [4.69, 9.17) is 4.74 Å². The highest BCUT2D eigenvalue weighted by Gasteiger charge is 2.07. The Labute approximate surface area is 163 Å². The molecule has 2 heterocycles. The number of rotatable bonds is 4. The molecule has 4 rings (SSSR count). The Balaban J connectivity index is 1.63. The number of aryl methyl sites for hydroxylation is 1. The molecule has 0 radical (unpaired) electrons. The maximum absolute atomic E-state index is 5.90. The zero-order valence-electron chi connectivity index (χ0n) is 15.6. The molecule has 2 aromatic carbocycles. The van der Waals surface area contributed by atoms with Crippen molar-refractivity contribution in [1.82, 2.24) is 15.0 Å². The number of nitrogens with one attached hydrogen (secondary N) is 1. The lowest BCUT2D eigenvalue weighted by Crippen LogP contribution is -1.97. The Morgan fingerprint density at radius 1 is 1.04 bits per heavy atom. The first-order valence-corrected chi connectivity index (χ1v) is 8.86. The average molecular weight is 366 g/mol. The van der Waals surface area contributed by atoms with E-state index in [1.54, 1.807) is 18.7 Å². The summed E-state index contributed by atoms with van der Waals surface area (Å²) >= 11 is 0. The number of anilines is 2. The topological polar surface area (TPSA) is 59.9 Å². The van der Waals surface area contributed by atoms with E-state index < -0.39 is 0 Å². The van der Waals surface area contributed by atoms with Gasteiger partial charge in [0.2, 0.25) is 0 Å². The van der Waals surface area contributed by atoms with Crippen LogP contribution in [-0.4, -0.2) is 15.0 Å². The molecule has 0 aliphatic carbocycles. The molecule has 28 heavy (non-hydrogen) atoms. The monoisotopic (exact) mass is 366 g/mol. The molecule has 0 saturated heterocycles. The summed E-state index contributed by atoms with van der Waals surface area (Å²) in [5.74, 6) is 8.23. The van der Waals surface area contributed by atoms with Crippen LogP contribution in [0.4, 0.5) is 11.5 Å². The normalized spacial score (nSPS) is 10.2. The Bertz CT molecular complexity index is 1190. The molecule has 2 aromatic heterocycles. The number of fused-ring (bicyclic) bond motifs is 1. The lowest BCUT2D eigenvalue weighted by molar-refractivity contribution is 0.476. The molecule has 0 saturated carbocycles. The van der Waals surface area contributed by atoms with Crippen molar-refractivity contribution in [3.8, 4) is 23.3 Å². The van der Waals surface area contributed by atoms with Gasteiger partial charge in [0.25, 0.3) is 0 Å². The third-order valence-electron chi connectivity index (χ3n) is 4.20. The molecule has 0 fully saturated rings. The lowest BCUT2D eigenvalue weighted by atomic mass is 10.1. The summed E-state index contributed by atoms with van der Waals surface area (Å²) in [6.45, 7) is 3.83. The van der Waals surface area contributed by atoms with E-state index in [0.29, 0.717) is 5.75 Å². The highest BCUT2D eigenvalue weighted by atomic mass is 16.5. The predicted molar refractivity (Wildman–Crippen MR) is 111 cm³/mol. The minimum atomic E-state index is 0.706. The number of ether oxygens (including phenoxy) is 1. The molecule has 1 N–H and O–H groups in total. The standard InChI is InChI=1S/C23H18N4O/c1-3-5-17-7-9-21-20(13-17)23(26-15-25-21)27-18-8-10-22(16(2)12-18)28-19-6-4-11-24-14-19/h4,6-15H,1-2H3,(H,25,26,27). The van der Waals surface area contributed by atoms with Crippen molar-refractivity contribution in [3.63, 3.8) is 0 Å². The van der Waals surface area contributed by atoms with Gasteiger partial charge in [0.05, 0.1) is 11.7 Å². The van der Waals surface area contributed by atoms with Crippen molar-refractivity contribution >= 4 is 22.4 Å². The fraction of sp³-hybridized carbons (Fsp3) is 0.0870. The molecule has 0 amide bonds. The SMILES string of the molecule is CC#Cc1ccc2ncnc(Nc3ccc(Oc4cccnc4)c(C)c3)c2c1. The number of hydrogen-bond acceptors (Lipinski definition) is 5. The van der Waals surface area contributed by atoms with E-state index in [9.17, 15) is 0 Å². The van der Waals surface area contributed by atoms with E-state index >= 15 is 0 Å². The van der Waals surface area contributed by atoms with E-state index in [1.165, 1.54) is 0 Å². The summed E-state index contributed by atoms with van der Waals surface area (Å²) in [5.41, 5.74) is 3.73. The first-order chi connectivity index (χ1) is 13.7. The molecule has 0 unspecified atom stereocenters. The summed E-state index contributed by atoms with van der Waals surface area (Å²) in [5, 5.41) is 4.31. The van der Waals surface area contributed by atoms with Crippen LogP contribution in [0.1, 0.15) is 18.1 Å². The minimum Gasteiger partial charge on any atom is -0.455 e. The molecule has 5 nitrogen and oxygen atoms in total. The summed E-state index contributed by atoms with van der Waals surface area (Å²) in [6.07, 6.45) is 4.97. The Kier molecular flexibility index (Phi) is 4.85. The second-order valence-electron chi connectivity index (χ2n) is 6.23. The summed E-state index contributed by atoms with van der Waals surface area (Å²) in [4.78, 5) is 12.8. The minimum absolute atomic E-state index is 0.706. The van der Waals surface area contributed by atoms with Gasteiger partial charge in [0.1, 0.15) is 23.6 Å². The van der Waals surface area contributed by atoms with Crippen molar-refractivity contribution in [2.24, 2.45) is 0 Å². The quantitative estimate of drug-likeness (QED) is 0.501. The second kappa shape index (κ2) is 7.77. The highest BCUT2D eigenvalue weighted by molar-refractivity contribution is 5.91. The van der Waals surface area contributed by atoms with Gasteiger partial charge in [-0.2, -0.15) is 0 Å². The fourth-order valence-corrected chi connectivity index (χ4v) is 2.89. The van der Waals surface area contributed by atoms with Crippen LogP contribution in [0.25, 0.3) is 10.9 Å². The van der Waals surface area contributed by atoms with E-state index in [0.717, 1.165) is 39.3 Å². The molecule has 0 atom stereocenters. The van der Waals surface area contributed by atoms with Crippen molar-refractivity contribution in [1.29, 1.82) is 0 Å². The number of hydrogen-bond donors (Lipinski definition) is 1. The highest BCUT2D eigenvalue weighted by Crippen LogP contribution is 2.29. The van der Waals surface area contributed by atoms with Gasteiger partial charge in [-0.05, 0) is 67.9 Å². The Morgan fingerprint density at radius 3 is 2.75 bits per heavy atom. The maximum Gasteiger partial charge on any atom is 0.145 e. The Morgan fingerprint density at radius 2 is 1.96 bits per heavy atom. The van der Waals surface area contributed by atoms with Crippen molar-refractivity contribution in [3.05, 3.63) is 78.4 Å². The van der Waals surface area contributed by atoms with Crippen LogP contribution in [0.5, 0.6) is 11.5 Å². The largest absolute Gasteiger partial charge is 0.455 e. The van der Waals surface area contributed by atoms with Crippen LogP contribution in [0.2, 0.25) is 0 Å². The molecule has 0 aliphatic rings. The molecule has 0 aliphatic heterocycles. The predicted octanol–water partition coefficient (Wildman–Crippen LogP) is 5.24. The van der Waals surface area contributed by atoms with E-state index in [1.807, 2.05) is 62.4 Å². The van der Waals surface area contributed by atoms with E-state index in [-0.39, 0.29) is 0 Å². The van der Waals surface area contributed by atoms with Crippen LogP contribution in [0.3, 0.4) is 0 Å². The van der Waals surface area contributed by atoms with Crippen LogP contribution in [-0.2, 0) is 0 Å². The fourth-order valence-electron chi connectivity index (χ4n) is 2.89. The summed E-state index contributed by atoms with van der Waals surface area (Å²) in [6, 6.07) is 15.6. The lowest BCUT2D eigenvalue weighted by Gasteiger charge is -2.12. The Hall–Kier alpha value is -3.91. The van der Waals surface area contributed by atoms with Gasteiger partial charge in [-0.3, -0.25) is 4.98 Å². The molecule has 4 aromatic rings. The maximum atomic E-state index is 5.90. The van der Waals surface area contributed by atoms with Gasteiger partial charge in [-0.15, -0.1) is 5.92 Å². The molecule has 136 valence electrons. The third-order valence-corrected chi connectivity index (χ3v) is 4.20. The van der Waals surface area contributed by atoms with Crippen LogP contribution in [0.15, 0.2) is 67.3 Å². The first-order valence-electron chi connectivity index (χ1n) is 8.86. The van der Waals surface area contributed by atoms with Gasteiger partial charge in [0, 0.05) is 22.8 Å². The molecular weight excluding hydrogens is 348 g/mol. The van der Waals surface area contributed by atoms with Crippen molar-refractivity contribution in [2.75, 3.05) is 5.32 Å². The van der Waals surface area contributed by atoms with Crippen molar-refractivity contribution in [2.45, 2.75) is 13.8 Å². The second-order valence-corrected chi connectivity index (χ2v) is 6.23.